The van der Waals surface area contributed by atoms with Gasteiger partial charge >= 0.3 is 0 Å². The lowest BCUT2D eigenvalue weighted by Crippen LogP contribution is -2.03. The highest BCUT2D eigenvalue weighted by molar-refractivity contribution is 5.52. The Balaban J connectivity index is 2.16. The third-order valence-electron chi connectivity index (χ3n) is 2.87. The molecule has 0 fully saturated rings. The van der Waals surface area contributed by atoms with E-state index in [9.17, 15) is 10.1 Å². The van der Waals surface area contributed by atoms with E-state index in [2.05, 4.69) is 0 Å². The maximum absolute atomic E-state index is 10.8. The molecular weight excluding hydrogens is 272 g/mol. The van der Waals surface area contributed by atoms with Gasteiger partial charge in [0.1, 0.15) is 6.61 Å². The largest absolute Gasteiger partial charge is 0.490 e. The Morgan fingerprint density at radius 2 is 1.81 bits per heavy atom. The van der Waals surface area contributed by atoms with Crippen molar-refractivity contribution in [2.75, 3.05) is 12.3 Å². The lowest BCUT2D eigenvalue weighted by Gasteiger charge is -2.12. The Bertz CT molecular complexity index is 643. The minimum absolute atomic E-state index is 0.0131. The third kappa shape index (κ3) is 3.62. The van der Waals surface area contributed by atoms with Crippen molar-refractivity contribution in [2.24, 2.45) is 0 Å². The summed E-state index contributed by atoms with van der Waals surface area (Å²) < 4.78 is 11.1. The van der Waals surface area contributed by atoms with E-state index in [1.54, 1.807) is 12.1 Å². The molecule has 0 aliphatic carbocycles. The van der Waals surface area contributed by atoms with E-state index in [1.807, 2.05) is 19.1 Å². The second-order valence-corrected chi connectivity index (χ2v) is 4.31. The second-order valence-electron chi connectivity index (χ2n) is 4.31. The number of non-ortho nitro benzene ring substituents is 1. The van der Waals surface area contributed by atoms with Crippen molar-refractivity contribution in [2.45, 2.75) is 13.5 Å². The summed E-state index contributed by atoms with van der Waals surface area (Å²) in [4.78, 5) is 10.3. The van der Waals surface area contributed by atoms with E-state index in [-0.39, 0.29) is 12.3 Å². The van der Waals surface area contributed by atoms with E-state index in [1.165, 1.54) is 18.2 Å². The molecule has 0 saturated carbocycles. The molecule has 2 N–H and O–H groups in total. The van der Waals surface area contributed by atoms with Crippen molar-refractivity contribution in [3.05, 3.63) is 58.1 Å². The summed E-state index contributed by atoms with van der Waals surface area (Å²) in [6, 6.07) is 11.5. The second kappa shape index (κ2) is 6.60. The Kier molecular flexibility index (Phi) is 4.61. The van der Waals surface area contributed by atoms with Crippen molar-refractivity contribution in [3.63, 3.8) is 0 Å². The fraction of sp³-hybridized carbons (Fsp3) is 0.200. The fourth-order valence-electron chi connectivity index (χ4n) is 1.83. The van der Waals surface area contributed by atoms with E-state index >= 15 is 0 Å². The number of nitro benzene ring substituents is 1. The molecule has 2 aromatic rings. The molecule has 0 amide bonds. The van der Waals surface area contributed by atoms with Crippen LogP contribution in [0, 0.1) is 10.1 Å². The molecule has 2 rings (SSSR count). The van der Waals surface area contributed by atoms with Crippen LogP contribution in [0.4, 0.5) is 11.4 Å². The van der Waals surface area contributed by atoms with Gasteiger partial charge in [-0.05, 0) is 25.1 Å². The van der Waals surface area contributed by atoms with Crippen LogP contribution in [0.5, 0.6) is 11.5 Å². The summed E-state index contributed by atoms with van der Waals surface area (Å²) in [5, 5.41) is 10.8. The van der Waals surface area contributed by atoms with Crippen molar-refractivity contribution >= 4 is 11.4 Å². The van der Waals surface area contributed by atoms with E-state index in [4.69, 9.17) is 15.2 Å². The Morgan fingerprint density at radius 1 is 1.14 bits per heavy atom. The minimum Gasteiger partial charge on any atom is -0.490 e. The molecule has 0 radical (unpaired) electrons. The van der Waals surface area contributed by atoms with E-state index in [0.29, 0.717) is 29.4 Å². The predicted molar refractivity (Wildman–Crippen MR) is 79.5 cm³/mol. The first-order valence-corrected chi connectivity index (χ1v) is 6.49. The minimum atomic E-state index is -0.461. The zero-order chi connectivity index (χ0) is 15.2. The normalized spacial score (nSPS) is 10.1. The Morgan fingerprint density at radius 3 is 2.43 bits per heavy atom. The number of anilines is 1. The summed E-state index contributed by atoms with van der Waals surface area (Å²) >= 11 is 0. The number of ether oxygens (including phenoxy) is 2. The van der Waals surface area contributed by atoms with Gasteiger partial charge in [0.15, 0.2) is 11.5 Å². The first-order chi connectivity index (χ1) is 10.1. The smallest absolute Gasteiger partial charge is 0.269 e. The fourth-order valence-corrected chi connectivity index (χ4v) is 1.83. The maximum atomic E-state index is 10.8. The van der Waals surface area contributed by atoms with Gasteiger partial charge in [0.2, 0.25) is 0 Å². The van der Waals surface area contributed by atoms with E-state index < -0.39 is 4.92 Å². The number of hydrogen-bond acceptors (Lipinski definition) is 5. The summed E-state index contributed by atoms with van der Waals surface area (Å²) in [6.07, 6.45) is 0. The highest BCUT2D eigenvalue weighted by atomic mass is 16.6. The molecule has 0 bridgehead atoms. The molecule has 21 heavy (non-hydrogen) atoms. The zero-order valence-electron chi connectivity index (χ0n) is 11.6. The van der Waals surface area contributed by atoms with E-state index in [0.717, 1.165) is 0 Å². The van der Waals surface area contributed by atoms with Crippen LogP contribution in [0.25, 0.3) is 0 Å². The standard InChI is InChI=1S/C15H16N2O4/c1-2-20-14-5-3-4-6-15(14)21-10-11-9-12(17(18)19)7-8-13(11)16/h3-9H,2,10,16H2,1H3. The molecule has 0 aromatic heterocycles. The first-order valence-electron chi connectivity index (χ1n) is 6.49. The molecule has 0 aliphatic rings. The zero-order valence-corrected chi connectivity index (χ0v) is 11.6. The molecule has 6 heteroatoms. The van der Waals surface area contributed by atoms with Gasteiger partial charge in [-0.25, -0.2) is 0 Å². The Hall–Kier alpha value is -2.76. The third-order valence-corrected chi connectivity index (χ3v) is 2.87. The average Bonchev–Trinajstić information content (AvgIpc) is 2.48. The Labute approximate surface area is 122 Å². The highest BCUT2D eigenvalue weighted by Gasteiger charge is 2.11. The van der Waals surface area contributed by atoms with Crippen molar-refractivity contribution in [1.29, 1.82) is 0 Å². The number of nitrogens with two attached hydrogens (primary N) is 1. The topological polar surface area (TPSA) is 87.6 Å². The molecule has 2 aromatic carbocycles. The maximum Gasteiger partial charge on any atom is 0.269 e. The molecule has 0 atom stereocenters. The molecule has 0 spiro atoms. The van der Waals surface area contributed by atoms with Crippen LogP contribution in [0.1, 0.15) is 12.5 Å². The molecular formula is C15H16N2O4. The number of nitrogens with zero attached hydrogens (tertiary/aromatic N) is 1. The van der Waals surface area contributed by atoms with Crippen LogP contribution in [0.15, 0.2) is 42.5 Å². The highest BCUT2D eigenvalue weighted by Crippen LogP contribution is 2.28. The molecule has 0 heterocycles. The summed E-state index contributed by atoms with van der Waals surface area (Å²) in [5.41, 5.74) is 6.82. The number of hydrogen-bond donors (Lipinski definition) is 1. The van der Waals surface area contributed by atoms with Crippen molar-refractivity contribution in [1.82, 2.24) is 0 Å². The SMILES string of the molecule is CCOc1ccccc1OCc1cc([N+](=O)[O-])ccc1N. The van der Waals surface area contributed by atoms with Gasteiger partial charge < -0.3 is 15.2 Å². The van der Waals surface area contributed by atoms with Crippen LogP contribution in [0.3, 0.4) is 0 Å². The van der Waals surface area contributed by atoms with Gasteiger partial charge in [-0.1, -0.05) is 12.1 Å². The lowest BCUT2D eigenvalue weighted by atomic mass is 10.1. The first kappa shape index (κ1) is 14.6. The van der Waals surface area contributed by atoms with Crippen molar-refractivity contribution < 1.29 is 14.4 Å². The average molecular weight is 288 g/mol. The van der Waals surface area contributed by atoms with Gasteiger partial charge in [0.05, 0.1) is 11.5 Å². The summed E-state index contributed by atoms with van der Waals surface area (Å²) in [5.74, 6) is 1.20. The molecule has 110 valence electrons. The van der Waals surface area contributed by atoms with Gasteiger partial charge in [0.25, 0.3) is 5.69 Å². The van der Waals surface area contributed by atoms with Crippen LogP contribution in [-0.2, 0) is 6.61 Å². The molecule has 0 aliphatic heterocycles. The van der Waals surface area contributed by atoms with Crippen LogP contribution in [-0.4, -0.2) is 11.5 Å². The van der Waals surface area contributed by atoms with Crippen LogP contribution < -0.4 is 15.2 Å². The quantitative estimate of drug-likeness (QED) is 0.501. The lowest BCUT2D eigenvalue weighted by molar-refractivity contribution is -0.384. The summed E-state index contributed by atoms with van der Waals surface area (Å²) in [7, 11) is 0. The predicted octanol–water partition coefficient (Wildman–Crippen LogP) is 3.15. The van der Waals surface area contributed by atoms with Gasteiger partial charge in [-0.2, -0.15) is 0 Å². The number of benzene rings is 2. The van der Waals surface area contributed by atoms with Crippen LogP contribution in [0.2, 0.25) is 0 Å². The number of para-hydroxylation sites is 2. The molecule has 0 saturated heterocycles. The van der Waals surface area contributed by atoms with Gasteiger partial charge in [-0.3, -0.25) is 10.1 Å². The summed E-state index contributed by atoms with van der Waals surface area (Å²) in [6.45, 7) is 2.55. The van der Waals surface area contributed by atoms with Crippen molar-refractivity contribution in [3.8, 4) is 11.5 Å². The molecule has 0 unspecified atom stereocenters. The van der Waals surface area contributed by atoms with Gasteiger partial charge in [-0.15, -0.1) is 0 Å². The molecule has 6 nitrogen and oxygen atoms in total. The number of rotatable bonds is 6. The monoisotopic (exact) mass is 288 g/mol. The number of nitrogen functional groups attached to an aromatic ring is 1. The van der Waals surface area contributed by atoms with Crippen LogP contribution >= 0.6 is 0 Å². The number of nitro groups is 1. The van der Waals surface area contributed by atoms with Gasteiger partial charge in [0, 0.05) is 23.4 Å².